The van der Waals surface area contributed by atoms with Crippen LogP contribution in [0.3, 0.4) is 0 Å². The smallest absolute Gasteiger partial charge is 0.243 e. The fraction of sp³-hybridized carbons (Fsp3) is 0.353. The van der Waals surface area contributed by atoms with Crippen molar-refractivity contribution in [3.8, 4) is 5.75 Å². The van der Waals surface area contributed by atoms with Crippen molar-refractivity contribution in [3.63, 3.8) is 0 Å². The van der Waals surface area contributed by atoms with Crippen molar-refractivity contribution in [1.29, 1.82) is 0 Å². The summed E-state index contributed by atoms with van der Waals surface area (Å²) in [6.07, 6.45) is 4.27. The van der Waals surface area contributed by atoms with Gasteiger partial charge in [0, 0.05) is 12.8 Å². The molecule has 1 N–H and O–H groups in total. The highest BCUT2D eigenvalue weighted by molar-refractivity contribution is 5.74. The number of benzene rings is 1. The minimum Gasteiger partial charge on any atom is -0.494 e. The molecule has 0 saturated carbocycles. The van der Waals surface area contributed by atoms with Crippen LogP contribution in [0.5, 0.6) is 5.75 Å². The third-order valence-corrected chi connectivity index (χ3v) is 3.00. The molecule has 0 fully saturated rings. The number of aryl methyl sites for hydroxylation is 1. The van der Waals surface area contributed by atoms with E-state index in [1.54, 1.807) is 6.26 Å². The van der Waals surface area contributed by atoms with Gasteiger partial charge in [-0.2, -0.15) is 0 Å². The second kappa shape index (κ2) is 9.63. The quantitative estimate of drug-likeness (QED) is 0.541. The molecule has 1 amide bonds. The highest BCUT2D eigenvalue weighted by Crippen LogP contribution is 2.08. The highest BCUT2D eigenvalue weighted by atomic mass is 16.6. The van der Waals surface area contributed by atoms with Gasteiger partial charge in [-0.05, 0) is 37.1 Å². The van der Waals surface area contributed by atoms with Gasteiger partial charge in [-0.15, -0.1) is 0 Å². The second-order valence-corrected chi connectivity index (χ2v) is 4.82. The SMILES string of the molecule is O=C(CCCOc1ccccc1)NOCCCc1ccco1. The van der Waals surface area contributed by atoms with E-state index in [2.05, 4.69) is 5.48 Å². The number of amides is 1. The molecule has 0 aliphatic carbocycles. The van der Waals surface area contributed by atoms with Crippen molar-refractivity contribution >= 4 is 5.91 Å². The molecular formula is C17H21NO4. The molecule has 2 rings (SSSR count). The van der Waals surface area contributed by atoms with E-state index in [1.807, 2.05) is 42.5 Å². The molecule has 118 valence electrons. The Morgan fingerprint density at radius 3 is 2.68 bits per heavy atom. The van der Waals surface area contributed by atoms with Crippen LogP contribution in [0.2, 0.25) is 0 Å². The number of carbonyl (C=O) groups is 1. The Morgan fingerprint density at radius 2 is 1.91 bits per heavy atom. The topological polar surface area (TPSA) is 60.7 Å². The molecule has 1 heterocycles. The Morgan fingerprint density at radius 1 is 1.05 bits per heavy atom. The molecule has 0 aliphatic rings. The molecule has 0 radical (unpaired) electrons. The van der Waals surface area contributed by atoms with Gasteiger partial charge < -0.3 is 9.15 Å². The van der Waals surface area contributed by atoms with Gasteiger partial charge in [0.05, 0.1) is 19.5 Å². The number of hydrogen-bond donors (Lipinski definition) is 1. The van der Waals surface area contributed by atoms with Gasteiger partial charge in [-0.1, -0.05) is 18.2 Å². The fourth-order valence-electron chi connectivity index (χ4n) is 1.90. The Labute approximate surface area is 130 Å². The summed E-state index contributed by atoms with van der Waals surface area (Å²) in [7, 11) is 0. The number of carbonyl (C=O) groups excluding carboxylic acids is 1. The lowest BCUT2D eigenvalue weighted by molar-refractivity contribution is -0.133. The van der Waals surface area contributed by atoms with E-state index in [1.165, 1.54) is 0 Å². The fourth-order valence-corrected chi connectivity index (χ4v) is 1.90. The minimum atomic E-state index is -0.130. The Balaban J connectivity index is 1.44. The van der Waals surface area contributed by atoms with Crippen LogP contribution in [0.15, 0.2) is 53.1 Å². The third-order valence-electron chi connectivity index (χ3n) is 3.00. The van der Waals surface area contributed by atoms with Crippen LogP contribution in [0, 0.1) is 0 Å². The van der Waals surface area contributed by atoms with Gasteiger partial charge >= 0.3 is 0 Å². The van der Waals surface area contributed by atoms with E-state index < -0.39 is 0 Å². The number of hydrogen-bond acceptors (Lipinski definition) is 4. The number of para-hydroxylation sites is 1. The van der Waals surface area contributed by atoms with Crippen LogP contribution in [0.1, 0.15) is 25.0 Å². The van der Waals surface area contributed by atoms with Gasteiger partial charge in [-0.3, -0.25) is 9.63 Å². The Kier molecular flexibility index (Phi) is 7.05. The van der Waals surface area contributed by atoms with E-state index in [-0.39, 0.29) is 5.91 Å². The summed E-state index contributed by atoms with van der Waals surface area (Å²) in [5, 5.41) is 0. The van der Waals surface area contributed by atoms with Gasteiger partial charge in [0.15, 0.2) is 0 Å². The number of hydroxylamine groups is 1. The summed E-state index contributed by atoms with van der Waals surface area (Å²) in [5.41, 5.74) is 2.44. The van der Waals surface area contributed by atoms with Crippen LogP contribution in [0.4, 0.5) is 0 Å². The van der Waals surface area contributed by atoms with E-state index in [0.717, 1.165) is 24.4 Å². The maximum Gasteiger partial charge on any atom is 0.243 e. The molecule has 5 nitrogen and oxygen atoms in total. The Hall–Kier alpha value is -2.27. The summed E-state index contributed by atoms with van der Waals surface area (Å²) in [6.45, 7) is 0.975. The Bertz CT molecular complexity index is 525. The predicted octanol–water partition coefficient (Wildman–Crippen LogP) is 3.12. The summed E-state index contributed by atoms with van der Waals surface area (Å²) in [6, 6.07) is 13.3. The molecule has 0 saturated heterocycles. The average Bonchev–Trinajstić information content (AvgIpc) is 3.06. The van der Waals surface area contributed by atoms with Crippen molar-refractivity contribution < 1.29 is 18.8 Å². The normalized spacial score (nSPS) is 10.4. The molecule has 1 aromatic heterocycles. The zero-order chi connectivity index (χ0) is 15.5. The molecule has 2 aromatic rings. The van der Waals surface area contributed by atoms with Crippen LogP contribution in [0.25, 0.3) is 0 Å². The molecule has 0 aliphatic heterocycles. The van der Waals surface area contributed by atoms with Gasteiger partial charge in [0.1, 0.15) is 11.5 Å². The molecule has 1 aromatic carbocycles. The molecule has 22 heavy (non-hydrogen) atoms. The predicted molar refractivity (Wildman–Crippen MR) is 82.3 cm³/mol. The number of nitrogens with one attached hydrogen (secondary N) is 1. The first-order valence-corrected chi connectivity index (χ1v) is 7.45. The van der Waals surface area contributed by atoms with Crippen LogP contribution < -0.4 is 10.2 Å². The first-order valence-electron chi connectivity index (χ1n) is 7.45. The maximum atomic E-state index is 11.5. The van der Waals surface area contributed by atoms with Crippen molar-refractivity contribution in [1.82, 2.24) is 5.48 Å². The van der Waals surface area contributed by atoms with Gasteiger partial charge in [0.2, 0.25) is 5.91 Å². The maximum absolute atomic E-state index is 11.5. The van der Waals surface area contributed by atoms with Crippen LogP contribution in [-0.2, 0) is 16.1 Å². The van der Waals surface area contributed by atoms with Gasteiger partial charge in [-0.25, -0.2) is 5.48 Å². The zero-order valence-corrected chi connectivity index (χ0v) is 12.5. The first kappa shape index (κ1) is 16.1. The van der Waals surface area contributed by atoms with Gasteiger partial charge in [0.25, 0.3) is 0 Å². The van der Waals surface area contributed by atoms with Crippen molar-refractivity contribution in [2.24, 2.45) is 0 Å². The summed E-state index contributed by atoms with van der Waals surface area (Å²) in [4.78, 5) is 16.7. The average molecular weight is 303 g/mol. The molecule has 0 spiro atoms. The zero-order valence-electron chi connectivity index (χ0n) is 12.5. The standard InChI is InChI=1S/C17H21NO4/c19-17(11-6-13-21-15-7-2-1-3-8-15)18-22-14-5-10-16-9-4-12-20-16/h1-4,7-9,12H,5-6,10-11,13-14H2,(H,18,19). The summed E-state index contributed by atoms with van der Waals surface area (Å²) in [5.74, 6) is 1.61. The molecule has 5 heteroatoms. The van der Waals surface area contributed by atoms with E-state index in [9.17, 15) is 4.79 Å². The molecule has 0 bridgehead atoms. The van der Waals surface area contributed by atoms with E-state index >= 15 is 0 Å². The lowest BCUT2D eigenvalue weighted by Gasteiger charge is -2.07. The van der Waals surface area contributed by atoms with Crippen molar-refractivity contribution in [2.75, 3.05) is 13.2 Å². The summed E-state index contributed by atoms with van der Waals surface area (Å²) >= 11 is 0. The number of ether oxygens (including phenoxy) is 1. The van der Waals surface area contributed by atoms with Crippen LogP contribution >= 0.6 is 0 Å². The lowest BCUT2D eigenvalue weighted by atomic mass is 10.3. The molecule has 0 unspecified atom stereocenters. The summed E-state index contributed by atoms with van der Waals surface area (Å²) < 4.78 is 10.7. The minimum absolute atomic E-state index is 0.130. The second-order valence-electron chi connectivity index (χ2n) is 4.82. The highest BCUT2D eigenvalue weighted by Gasteiger charge is 2.02. The van der Waals surface area contributed by atoms with Crippen molar-refractivity contribution in [3.05, 3.63) is 54.5 Å². The molecule has 0 atom stereocenters. The number of rotatable bonds is 10. The van der Waals surface area contributed by atoms with E-state index in [0.29, 0.717) is 26.1 Å². The van der Waals surface area contributed by atoms with E-state index in [4.69, 9.17) is 14.0 Å². The number of furan rings is 1. The third kappa shape index (κ3) is 6.45. The van der Waals surface area contributed by atoms with Crippen LogP contribution in [-0.4, -0.2) is 19.1 Å². The first-order chi connectivity index (χ1) is 10.8. The molecular weight excluding hydrogens is 282 g/mol. The largest absolute Gasteiger partial charge is 0.494 e. The lowest BCUT2D eigenvalue weighted by Crippen LogP contribution is -2.24. The van der Waals surface area contributed by atoms with Crippen molar-refractivity contribution in [2.45, 2.75) is 25.7 Å². The monoisotopic (exact) mass is 303 g/mol.